The smallest absolute Gasteiger partial charge is 0.285 e. The number of anilines is 1. The van der Waals surface area contributed by atoms with E-state index in [9.17, 15) is 4.79 Å². The summed E-state index contributed by atoms with van der Waals surface area (Å²) in [4.78, 5) is 13.1. The zero-order valence-corrected chi connectivity index (χ0v) is 18.3. The summed E-state index contributed by atoms with van der Waals surface area (Å²) in [5, 5.41) is 3.26. The minimum Gasteiger partial charge on any atom is -0.497 e. The molecular weight excluding hydrogens is 377 g/mol. The molecule has 1 aliphatic heterocycles. The van der Waals surface area contributed by atoms with E-state index in [0.29, 0.717) is 0 Å². The monoisotopic (exact) mass is 406 g/mol. The van der Waals surface area contributed by atoms with Crippen molar-refractivity contribution in [1.29, 1.82) is 0 Å². The van der Waals surface area contributed by atoms with Crippen LogP contribution < -0.4 is 10.1 Å². The summed E-state index contributed by atoms with van der Waals surface area (Å²) >= 11 is 0. The quantitative estimate of drug-likeness (QED) is 0.762. The van der Waals surface area contributed by atoms with Crippen molar-refractivity contribution < 1.29 is 46.7 Å². The third-order valence-corrected chi connectivity index (χ3v) is 6.06. The summed E-state index contributed by atoms with van der Waals surface area (Å²) in [6.45, 7) is 9.68. The van der Waals surface area contributed by atoms with Crippen molar-refractivity contribution in [1.82, 2.24) is 0 Å². The van der Waals surface area contributed by atoms with Crippen molar-refractivity contribution in [3.63, 3.8) is 0 Å². The Morgan fingerprint density at radius 3 is 2.17 bits per heavy atom. The molecule has 129 valence electrons. The largest absolute Gasteiger partial charge is 0.497 e. The normalized spacial score (nSPS) is 20.2. The molecule has 1 saturated heterocycles. The number of hydrogen-bond acceptors (Lipinski definition) is 2. The van der Waals surface area contributed by atoms with E-state index < -0.39 is 0 Å². The first-order valence-electron chi connectivity index (χ1n) is 8.81. The Morgan fingerprint density at radius 2 is 1.75 bits per heavy atom. The number of likely N-dealkylation sites (tertiary alicyclic amines) is 1. The van der Waals surface area contributed by atoms with Gasteiger partial charge in [0.2, 0.25) is 0 Å². The van der Waals surface area contributed by atoms with E-state index in [2.05, 4.69) is 12.2 Å². The molecule has 2 aliphatic rings. The third kappa shape index (κ3) is 3.17. The van der Waals surface area contributed by atoms with Crippen LogP contribution in [0.3, 0.4) is 0 Å². The van der Waals surface area contributed by atoms with Crippen molar-refractivity contribution in [2.45, 2.75) is 52.0 Å². The van der Waals surface area contributed by atoms with Crippen LogP contribution >= 0.6 is 0 Å². The number of likely N-dealkylation sites (N-methyl/N-ethyl adjacent to an activating group) is 1. The van der Waals surface area contributed by atoms with E-state index in [1.165, 1.54) is 12.8 Å². The van der Waals surface area contributed by atoms with Gasteiger partial charge in [0, 0.05) is 64.1 Å². The number of carbonyl (C=O) groups excluding carboxylic acids is 1. The van der Waals surface area contributed by atoms with E-state index in [1.807, 2.05) is 26.0 Å². The van der Waals surface area contributed by atoms with Crippen molar-refractivity contribution in [2.75, 3.05) is 32.1 Å². The number of quaternary nitrogens is 1. The summed E-state index contributed by atoms with van der Waals surface area (Å²) in [7, 11) is 1.67. The molecule has 1 N–H and O–H groups in total. The predicted octanol–water partition coefficient (Wildman–Crippen LogP) is 3.41. The number of rotatable bonds is 5. The molecule has 0 atom stereocenters. The van der Waals surface area contributed by atoms with Crippen LogP contribution in [-0.2, 0) is 37.5 Å². The maximum atomic E-state index is 13.1. The van der Waals surface area contributed by atoms with Gasteiger partial charge in [0.15, 0.2) is 5.54 Å². The first-order chi connectivity index (χ1) is 11.0. The Balaban J connectivity index is 0.00000208. The van der Waals surface area contributed by atoms with Crippen LogP contribution in [0.4, 0.5) is 5.69 Å². The van der Waals surface area contributed by atoms with Crippen LogP contribution in [0.15, 0.2) is 12.1 Å². The van der Waals surface area contributed by atoms with Crippen LogP contribution in [0.1, 0.15) is 43.7 Å². The molecule has 1 aliphatic carbocycles. The molecule has 5 heteroatoms. The maximum absolute atomic E-state index is 13.1. The summed E-state index contributed by atoms with van der Waals surface area (Å²) in [5.74, 6) is 1.06. The summed E-state index contributed by atoms with van der Waals surface area (Å²) in [6, 6.07) is 3.98. The summed E-state index contributed by atoms with van der Waals surface area (Å²) in [6.07, 6.45) is 4.56. The summed E-state index contributed by atoms with van der Waals surface area (Å²) in [5.41, 5.74) is 2.91. The maximum Gasteiger partial charge on any atom is 0.285 e. The van der Waals surface area contributed by atoms with E-state index in [1.54, 1.807) is 7.11 Å². The first kappa shape index (κ1) is 19.9. The van der Waals surface area contributed by atoms with Gasteiger partial charge in [-0.2, -0.15) is 0 Å². The number of benzene rings is 1. The van der Waals surface area contributed by atoms with Crippen LogP contribution in [0, 0.1) is 13.8 Å². The molecule has 1 radical (unpaired) electrons. The Hall–Kier alpha value is -0.446. The second-order valence-electron chi connectivity index (χ2n) is 7.24. The van der Waals surface area contributed by atoms with Crippen LogP contribution in [0.5, 0.6) is 5.75 Å². The number of ether oxygens (including phenoxy) is 1. The van der Waals surface area contributed by atoms with E-state index in [4.69, 9.17) is 4.74 Å². The Bertz CT molecular complexity index is 597. The zero-order chi connectivity index (χ0) is 16.7. The van der Waals surface area contributed by atoms with Crippen molar-refractivity contribution in [3.8, 4) is 5.75 Å². The average Bonchev–Trinajstić information content (AvgIpc) is 3.22. The van der Waals surface area contributed by atoms with Gasteiger partial charge >= 0.3 is 0 Å². The van der Waals surface area contributed by atoms with Gasteiger partial charge in [-0.3, -0.25) is 4.79 Å². The fraction of sp³-hybridized carbons (Fsp3) is 0.632. The standard InChI is InChI=1S/C19H28N2O2.Y/c1-5-21(10-6-7-11-21)19(8-9-19)18(22)20-17-14(2)12-16(23-4)13-15(17)3;/h12-13H,5-11H2,1-4H3;/p+1. The predicted molar refractivity (Wildman–Crippen MR) is 92.8 cm³/mol. The molecule has 1 heterocycles. The molecule has 4 nitrogen and oxygen atoms in total. The van der Waals surface area contributed by atoms with Crippen molar-refractivity contribution >= 4 is 11.6 Å². The number of nitrogens with one attached hydrogen (secondary N) is 1. The molecular formula is C19H29N2O2Y+. The van der Waals surface area contributed by atoms with Gasteiger partial charge in [0.25, 0.3) is 5.91 Å². The number of aryl methyl sites for hydroxylation is 2. The molecule has 0 aromatic heterocycles. The zero-order valence-electron chi connectivity index (χ0n) is 15.4. The van der Waals surface area contributed by atoms with Crippen LogP contribution in [-0.4, -0.2) is 42.7 Å². The third-order valence-electron chi connectivity index (χ3n) is 6.06. The number of hydrogen-bond donors (Lipinski definition) is 1. The fourth-order valence-electron chi connectivity index (χ4n) is 4.49. The molecule has 0 bridgehead atoms. The SMILES string of the molecule is CC[N+]1(C2(C(=O)Nc3c(C)cc(OC)cc3C)CC2)CCCC1.[Y]. The molecule has 0 spiro atoms. The van der Waals surface area contributed by atoms with E-state index >= 15 is 0 Å². The first-order valence-corrected chi connectivity index (χ1v) is 8.81. The van der Waals surface area contributed by atoms with Gasteiger partial charge in [-0.05, 0) is 44.0 Å². The molecule has 1 aromatic carbocycles. The number of methoxy groups -OCH3 is 1. The van der Waals surface area contributed by atoms with Gasteiger partial charge in [-0.15, -0.1) is 0 Å². The Morgan fingerprint density at radius 1 is 1.21 bits per heavy atom. The fourth-order valence-corrected chi connectivity index (χ4v) is 4.49. The molecule has 1 aromatic rings. The van der Waals surface area contributed by atoms with Gasteiger partial charge in [-0.25, -0.2) is 0 Å². The number of amides is 1. The van der Waals surface area contributed by atoms with Gasteiger partial charge in [-0.1, -0.05) is 0 Å². The minimum atomic E-state index is -0.177. The van der Waals surface area contributed by atoms with Crippen molar-refractivity contribution in [3.05, 3.63) is 23.3 Å². The van der Waals surface area contributed by atoms with Gasteiger partial charge < -0.3 is 14.5 Å². The second kappa shape index (κ2) is 7.43. The van der Waals surface area contributed by atoms with Gasteiger partial charge in [0.1, 0.15) is 5.75 Å². The van der Waals surface area contributed by atoms with Gasteiger partial charge in [0.05, 0.1) is 26.7 Å². The molecule has 1 amide bonds. The van der Waals surface area contributed by atoms with E-state index in [0.717, 1.165) is 59.5 Å². The molecule has 24 heavy (non-hydrogen) atoms. The number of nitrogens with zero attached hydrogens (tertiary/aromatic N) is 1. The Kier molecular flexibility index (Phi) is 6.15. The molecule has 2 fully saturated rings. The van der Waals surface area contributed by atoms with Crippen molar-refractivity contribution in [2.24, 2.45) is 0 Å². The molecule has 0 unspecified atom stereocenters. The summed E-state index contributed by atoms with van der Waals surface area (Å²) < 4.78 is 6.31. The minimum absolute atomic E-state index is 0. The van der Waals surface area contributed by atoms with E-state index in [-0.39, 0.29) is 44.2 Å². The van der Waals surface area contributed by atoms with Crippen LogP contribution in [0.25, 0.3) is 0 Å². The second-order valence-corrected chi connectivity index (χ2v) is 7.24. The Labute approximate surface area is 170 Å². The molecule has 3 rings (SSSR count). The number of carbonyl (C=O) groups is 1. The topological polar surface area (TPSA) is 38.3 Å². The van der Waals surface area contributed by atoms with Crippen LogP contribution in [0.2, 0.25) is 0 Å². The average molecular weight is 406 g/mol. The molecule has 1 saturated carbocycles.